The van der Waals surface area contributed by atoms with Crippen LogP contribution in [0.3, 0.4) is 0 Å². The minimum Gasteiger partial charge on any atom is -0.353 e. The van der Waals surface area contributed by atoms with Crippen molar-refractivity contribution in [3.63, 3.8) is 0 Å². The highest BCUT2D eigenvalue weighted by Gasteiger charge is 2.11. The first-order chi connectivity index (χ1) is 13.9. The minimum atomic E-state index is -0.326. The van der Waals surface area contributed by atoms with Crippen LogP contribution in [0.5, 0.6) is 0 Å². The van der Waals surface area contributed by atoms with Crippen LogP contribution in [0.2, 0.25) is 0 Å². The number of amides is 1. The first-order valence-corrected chi connectivity index (χ1v) is 9.70. The van der Waals surface area contributed by atoms with Crippen LogP contribution < -0.4 is 16.6 Å². The lowest BCUT2D eigenvalue weighted by atomic mass is 9.99. The van der Waals surface area contributed by atoms with E-state index < -0.39 is 0 Å². The van der Waals surface area contributed by atoms with Gasteiger partial charge < -0.3 is 11.1 Å². The van der Waals surface area contributed by atoms with Gasteiger partial charge in [0, 0.05) is 24.2 Å². The van der Waals surface area contributed by atoms with E-state index >= 15 is 0 Å². The van der Waals surface area contributed by atoms with Crippen LogP contribution in [0, 0.1) is 0 Å². The molecule has 0 fully saturated rings. The van der Waals surface area contributed by atoms with Crippen LogP contribution in [0.25, 0.3) is 11.3 Å². The number of nitrogens with zero attached hydrogens (tertiary/aromatic N) is 2. The summed E-state index contributed by atoms with van der Waals surface area (Å²) in [6, 6.07) is 20.4. The molecule has 1 amide bonds. The molecule has 6 nitrogen and oxygen atoms in total. The Labute approximate surface area is 170 Å². The summed E-state index contributed by atoms with van der Waals surface area (Å²) in [4.78, 5) is 24.4. The molecule has 0 saturated carbocycles. The number of hydrogen-bond acceptors (Lipinski definition) is 4. The number of hydrogen-bond donors (Lipinski definition) is 2. The molecule has 3 aromatic rings. The third kappa shape index (κ3) is 5.39. The summed E-state index contributed by atoms with van der Waals surface area (Å²) in [7, 11) is 0. The fourth-order valence-electron chi connectivity index (χ4n) is 2.99. The maximum Gasteiger partial charge on any atom is 0.267 e. The van der Waals surface area contributed by atoms with Gasteiger partial charge in [-0.2, -0.15) is 5.10 Å². The molecule has 0 bridgehead atoms. The molecule has 1 atom stereocenters. The molecule has 3 N–H and O–H groups in total. The lowest BCUT2D eigenvalue weighted by molar-refractivity contribution is -0.122. The Morgan fingerprint density at radius 3 is 2.31 bits per heavy atom. The molecule has 0 saturated heterocycles. The van der Waals surface area contributed by atoms with Gasteiger partial charge in [-0.3, -0.25) is 9.59 Å². The van der Waals surface area contributed by atoms with Gasteiger partial charge in [0.15, 0.2) is 0 Å². The highest BCUT2D eigenvalue weighted by Crippen LogP contribution is 2.17. The Bertz CT molecular complexity index is 1010. The van der Waals surface area contributed by atoms with Crippen LogP contribution >= 0.6 is 0 Å². The van der Waals surface area contributed by atoms with Crippen LogP contribution in [0.4, 0.5) is 0 Å². The second-order valence-corrected chi connectivity index (χ2v) is 7.31. The largest absolute Gasteiger partial charge is 0.353 e. The van der Waals surface area contributed by atoms with E-state index in [2.05, 4.69) is 36.4 Å². The molecule has 1 heterocycles. The first-order valence-electron chi connectivity index (χ1n) is 9.70. The molecule has 0 aliphatic rings. The zero-order chi connectivity index (χ0) is 20.8. The van der Waals surface area contributed by atoms with E-state index in [1.54, 1.807) is 6.07 Å². The van der Waals surface area contributed by atoms with Gasteiger partial charge in [0.1, 0.15) is 6.54 Å². The molecule has 2 aromatic carbocycles. The highest BCUT2D eigenvalue weighted by molar-refractivity contribution is 5.75. The molecule has 150 valence electrons. The Morgan fingerprint density at radius 1 is 1.00 bits per heavy atom. The number of carbonyl (C=O) groups is 1. The fourth-order valence-corrected chi connectivity index (χ4v) is 2.99. The van der Waals surface area contributed by atoms with Crippen molar-refractivity contribution in [1.82, 2.24) is 15.1 Å². The topological polar surface area (TPSA) is 90.0 Å². The maximum atomic E-state index is 12.3. The number of aromatic nitrogens is 2. The number of rotatable bonds is 7. The summed E-state index contributed by atoms with van der Waals surface area (Å²) >= 11 is 0. The third-order valence-corrected chi connectivity index (χ3v) is 4.78. The summed E-state index contributed by atoms with van der Waals surface area (Å²) in [6.45, 7) is 4.40. The zero-order valence-electron chi connectivity index (χ0n) is 16.7. The molecule has 0 radical (unpaired) electrons. The lowest BCUT2D eigenvalue weighted by Gasteiger charge is -2.15. The van der Waals surface area contributed by atoms with Crippen molar-refractivity contribution in [2.24, 2.45) is 5.73 Å². The number of benzene rings is 2. The van der Waals surface area contributed by atoms with E-state index in [0.717, 1.165) is 11.1 Å². The number of carbonyl (C=O) groups excluding carboxylic acids is 1. The van der Waals surface area contributed by atoms with E-state index in [9.17, 15) is 9.59 Å². The van der Waals surface area contributed by atoms with Gasteiger partial charge in [-0.05, 0) is 23.1 Å². The number of nitrogens with two attached hydrogens (primary N) is 1. The molecular weight excluding hydrogens is 364 g/mol. The molecule has 0 aliphatic carbocycles. The number of nitrogens with one attached hydrogen (secondary N) is 1. The predicted octanol–water partition coefficient (Wildman–Crippen LogP) is 2.85. The van der Waals surface area contributed by atoms with Crippen LogP contribution in [-0.2, 0) is 11.3 Å². The van der Waals surface area contributed by atoms with Crippen molar-refractivity contribution >= 4 is 5.91 Å². The maximum absolute atomic E-state index is 12.3. The zero-order valence-corrected chi connectivity index (χ0v) is 16.7. The Kier molecular flexibility index (Phi) is 6.57. The minimum absolute atomic E-state index is 0.154. The summed E-state index contributed by atoms with van der Waals surface area (Å²) in [5.74, 6) is 0.150. The van der Waals surface area contributed by atoms with E-state index in [0.29, 0.717) is 11.6 Å². The summed E-state index contributed by atoms with van der Waals surface area (Å²) in [6.07, 6.45) is 0. The van der Waals surface area contributed by atoms with E-state index in [4.69, 9.17) is 5.73 Å². The SMILES string of the molecule is CC(C)c1ccc(C(N)CNC(=O)Cn2nc(-c3ccccc3)ccc2=O)cc1. The second-order valence-electron chi connectivity index (χ2n) is 7.31. The standard InChI is InChI=1S/C23H26N4O2/c1-16(2)17-8-10-18(11-9-17)20(24)14-25-22(28)15-27-23(29)13-12-21(26-27)19-6-4-3-5-7-19/h3-13,16,20H,14-15,24H2,1-2H3,(H,25,28). The average Bonchev–Trinajstić information content (AvgIpc) is 2.74. The smallest absolute Gasteiger partial charge is 0.267 e. The van der Waals surface area contributed by atoms with Crippen molar-refractivity contribution in [1.29, 1.82) is 0 Å². The molecular formula is C23H26N4O2. The van der Waals surface area contributed by atoms with Crippen molar-refractivity contribution in [2.75, 3.05) is 6.54 Å². The van der Waals surface area contributed by atoms with Gasteiger partial charge in [0.05, 0.1) is 5.69 Å². The van der Waals surface area contributed by atoms with Crippen molar-refractivity contribution in [3.8, 4) is 11.3 Å². The third-order valence-electron chi connectivity index (χ3n) is 4.78. The Hall–Kier alpha value is -3.25. The van der Waals surface area contributed by atoms with Crippen molar-refractivity contribution in [2.45, 2.75) is 32.4 Å². The first kappa shape index (κ1) is 20.5. The van der Waals surface area contributed by atoms with Gasteiger partial charge in [-0.1, -0.05) is 68.4 Å². The van der Waals surface area contributed by atoms with Gasteiger partial charge in [0.2, 0.25) is 5.91 Å². The van der Waals surface area contributed by atoms with Gasteiger partial charge in [-0.25, -0.2) is 4.68 Å². The molecule has 0 aliphatic heterocycles. The normalized spacial score (nSPS) is 12.0. The molecule has 6 heteroatoms. The van der Waals surface area contributed by atoms with Crippen molar-refractivity contribution in [3.05, 3.63) is 88.2 Å². The van der Waals surface area contributed by atoms with Crippen LogP contribution in [-0.4, -0.2) is 22.2 Å². The monoisotopic (exact) mass is 390 g/mol. The van der Waals surface area contributed by atoms with E-state index in [-0.39, 0.29) is 30.6 Å². The van der Waals surface area contributed by atoms with Crippen LogP contribution in [0.1, 0.15) is 36.9 Å². The summed E-state index contributed by atoms with van der Waals surface area (Å²) in [5.41, 5.74) is 9.59. The highest BCUT2D eigenvalue weighted by atomic mass is 16.2. The van der Waals surface area contributed by atoms with Gasteiger partial charge in [-0.15, -0.1) is 0 Å². The second kappa shape index (κ2) is 9.30. The van der Waals surface area contributed by atoms with Gasteiger partial charge in [0.25, 0.3) is 5.56 Å². The Morgan fingerprint density at radius 2 is 1.66 bits per heavy atom. The quantitative estimate of drug-likeness (QED) is 0.649. The molecule has 1 aromatic heterocycles. The summed E-state index contributed by atoms with van der Waals surface area (Å²) < 4.78 is 1.17. The summed E-state index contributed by atoms with van der Waals surface area (Å²) in [5, 5.41) is 7.10. The Balaban J connectivity index is 1.61. The van der Waals surface area contributed by atoms with Crippen LogP contribution in [0.15, 0.2) is 71.5 Å². The lowest BCUT2D eigenvalue weighted by Crippen LogP contribution is -2.37. The average molecular weight is 390 g/mol. The fraction of sp³-hybridized carbons (Fsp3) is 0.261. The van der Waals surface area contributed by atoms with Crippen molar-refractivity contribution < 1.29 is 4.79 Å². The molecule has 1 unspecified atom stereocenters. The molecule has 0 spiro atoms. The predicted molar refractivity (Wildman–Crippen MR) is 114 cm³/mol. The van der Waals surface area contributed by atoms with E-state index in [1.165, 1.54) is 16.3 Å². The molecule has 3 rings (SSSR count). The van der Waals surface area contributed by atoms with Gasteiger partial charge >= 0.3 is 0 Å². The molecule has 29 heavy (non-hydrogen) atoms. The van der Waals surface area contributed by atoms with E-state index in [1.807, 2.05) is 42.5 Å².